The van der Waals surface area contributed by atoms with Crippen LogP contribution < -0.4 is 0 Å². The molecule has 0 bridgehead atoms. The molecule has 0 atom stereocenters. The topological polar surface area (TPSA) is 3.24 Å². The minimum absolute atomic E-state index is 0.785. The van der Waals surface area contributed by atoms with Crippen LogP contribution in [0.5, 0.6) is 0 Å². The van der Waals surface area contributed by atoms with E-state index in [-0.39, 0.29) is 0 Å². The lowest BCUT2D eigenvalue weighted by Gasteiger charge is -2.08. The third-order valence-electron chi connectivity index (χ3n) is 0.795. The minimum Gasteiger partial charge on any atom is -0.309 e. The normalized spacial score (nSPS) is 11.2. The van der Waals surface area contributed by atoms with Gasteiger partial charge < -0.3 is 4.90 Å². The Morgan fingerprint density at radius 2 is 1.88 bits per heavy atom. The smallest absolute Gasteiger partial charge is 0.0638 e. The second-order valence-electron chi connectivity index (χ2n) is 1.98. The average molecular weight is 339 g/mol. The Kier molecular flexibility index (Phi) is 6.15. The summed E-state index contributed by atoms with van der Waals surface area (Å²) in [7, 11) is 4.21. The third-order valence-corrected chi connectivity index (χ3v) is 2.04. The molecule has 8 heavy (non-hydrogen) atoms. The molecule has 0 radical (unpaired) electrons. The maximum Gasteiger partial charge on any atom is 0.0638 e. The molecule has 0 saturated heterocycles. The summed E-state index contributed by atoms with van der Waals surface area (Å²) < 4.78 is 0.785. The quantitative estimate of drug-likeness (QED) is 0.563. The molecule has 0 aliphatic carbocycles. The molecule has 0 saturated carbocycles. The first-order valence-electron chi connectivity index (χ1n) is 2.56. The molecule has 0 unspecified atom stereocenters. The first-order chi connectivity index (χ1) is 3.63. The van der Waals surface area contributed by atoms with E-state index in [4.69, 9.17) is 0 Å². The van der Waals surface area contributed by atoms with E-state index >= 15 is 0 Å². The summed E-state index contributed by atoms with van der Waals surface area (Å²) in [5.74, 6) is 0. The summed E-state index contributed by atoms with van der Waals surface area (Å²) in [4.78, 5) is 2.21. The van der Waals surface area contributed by atoms with Crippen LogP contribution in [0.1, 0.15) is 6.42 Å². The molecule has 0 aromatic carbocycles. The van der Waals surface area contributed by atoms with Crippen LogP contribution >= 0.6 is 45.2 Å². The SMILES string of the molecule is CN(C)CCC(I)I. The van der Waals surface area contributed by atoms with E-state index in [1.54, 1.807) is 0 Å². The predicted molar refractivity (Wildman–Crippen MR) is 55.0 cm³/mol. The van der Waals surface area contributed by atoms with Crippen molar-refractivity contribution in [1.82, 2.24) is 4.90 Å². The van der Waals surface area contributed by atoms with Gasteiger partial charge >= 0.3 is 0 Å². The molecule has 0 amide bonds. The molecule has 3 heteroatoms. The lowest BCUT2D eigenvalue weighted by molar-refractivity contribution is 0.410. The van der Waals surface area contributed by atoms with Crippen molar-refractivity contribution in [3.05, 3.63) is 0 Å². The summed E-state index contributed by atoms with van der Waals surface area (Å²) in [5, 5.41) is 0. The van der Waals surface area contributed by atoms with Gasteiger partial charge in [0.1, 0.15) is 0 Å². The molecule has 1 nitrogen and oxygen atoms in total. The second-order valence-corrected chi connectivity index (χ2v) is 7.37. The molecule has 0 rings (SSSR count). The zero-order valence-corrected chi connectivity index (χ0v) is 9.51. The van der Waals surface area contributed by atoms with Crippen molar-refractivity contribution in [1.29, 1.82) is 0 Å². The molecule has 0 N–H and O–H groups in total. The lowest BCUT2D eigenvalue weighted by atomic mass is 10.5. The summed E-state index contributed by atoms with van der Waals surface area (Å²) in [5.41, 5.74) is 0. The highest BCUT2D eigenvalue weighted by Gasteiger charge is 1.96. The first-order valence-corrected chi connectivity index (χ1v) is 5.05. The largest absolute Gasteiger partial charge is 0.309 e. The fourth-order valence-corrected chi connectivity index (χ4v) is 0.913. The van der Waals surface area contributed by atoms with Crippen molar-refractivity contribution < 1.29 is 0 Å². The fourth-order valence-electron chi connectivity index (χ4n) is 0.356. The Bertz CT molecular complexity index is 46.4. The zero-order valence-electron chi connectivity index (χ0n) is 5.19. The van der Waals surface area contributed by atoms with Gasteiger partial charge in [-0.15, -0.1) is 0 Å². The molecular weight excluding hydrogens is 328 g/mol. The van der Waals surface area contributed by atoms with Gasteiger partial charge in [0, 0.05) is 0 Å². The van der Waals surface area contributed by atoms with Gasteiger partial charge in [-0.1, -0.05) is 45.2 Å². The van der Waals surface area contributed by atoms with Crippen LogP contribution in [0.3, 0.4) is 0 Å². The second kappa shape index (κ2) is 5.22. The standard InChI is InChI=1S/C5H11I2N/c1-8(2)4-3-5(6)7/h5H,3-4H2,1-2H3. The highest BCUT2D eigenvalue weighted by atomic mass is 127. The van der Waals surface area contributed by atoms with Crippen molar-refractivity contribution in [2.75, 3.05) is 20.6 Å². The number of hydrogen-bond donors (Lipinski definition) is 0. The molecule has 0 aliphatic heterocycles. The molecule has 0 aromatic rings. The number of halogens is 2. The van der Waals surface area contributed by atoms with E-state index in [2.05, 4.69) is 64.2 Å². The van der Waals surface area contributed by atoms with Crippen molar-refractivity contribution in [2.45, 2.75) is 8.35 Å². The van der Waals surface area contributed by atoms with Crippen LogP contribution in [-0.2, 0) is 0 Å². The number of hydrogen-bond acceptors (Lipinski definition) is 1. The van der Waals surface area contributed by atoms with Crippen LogP contribution in [0, 0.1) is 0 Å². The Hall–Kier alpha value is 1.42. The van der Waals surface area contributed by atoms with Gasteiger partial charge in [0.15, 0.2) is 0 Å². The van der Waals surface area contributed by atoms with E-state index in [9.17, 15) is 0 Å². The molecule has 50 valence electrons. The van der Waals surface area contributed by atoms with Gasteiger partial charge in [0.05, 0.1) is 1.93 Å². The molecule has 0 spiro atoms. The van der Waals surface area contributed by atoms with E-state index in [1.807, 2.05) is 0 Å². The Morgan fingerprint density at radius 3 is 2.00 bits per heavy atom. The van der Waals surface area contributed by atoms with Gasteiger partial charge in [0.2, 0.25) is 0 Å². The summed E-state index contributed by atoms with van der Waals surface area (Å²) in [6.07, 6.45) is 1.29. The van der Waals surface area contributed by atoms with Crippen molar-refractivity contribution in [3.63, 3.8) is 0 Å². The Morgan fingerprint density at radius 1 is 1.38 bits per heavy atom. The fraction of sp³-hybridized carbons (Fsp3) is 1.00. The summed E-state index contributed by atoms with van der Waals surface area (Å²) in [6, 6.07) is 0. The van der Waals surface area contributed by atoms with Gasteiger partial charge in [-0.05, 0) is 27.1 Å². The van der Waals surface area contributed by atoms with E-state index < -0.39 is 0 Å². The van der Waals surface area contributed by atoms with E-state index in [0.29, 0.717) is 0 Å². The average Bonchev–Trinajstić information content (AvgIpc) is 1.61. The minimum atomic E-state index is 0.785. The molecular formula is C5H11I2N. The molecule has 0 aliphatic rings. The summed E-state index contributed by atoms with van der Waals surface area (Å²) >= 11 is 4.87. The summed E-state index contributed by atoms with van der Waals surface area (Å²) in [6.45, 7) is 1.20. The van der Waals surface area contributed by atoms with E-state index in [0.717, 1.165) is 1.93 Å². The van der Waals surface area contributed by atoms with Gasteiger partial charge in [-0.25, -0.2) is 0 Å². The predicted octanol–water partition coefficient (Wildman–Crippen LogP) is 2.13. The Balaban J connectivity index is 2.93. The zero-order chi connectivity index (χ0) is 6.57. The molecule has 0 heterocycles. The first kappa shape index (κ1) is 9.42. The molecule has 0 aromatic heterocycles. The monoisotopic (exact) mass is 339 g/mol. The van der Waals surface area contributed by atoms with Crippen LogP contribution in [0.25, 0.3) is 0 Å². The van der Waals surface area contributed by atoms with Crippen molar-refractivity contribution in [3.8, 4) is 0 Å². The van der Waals surface area contributed by atoms with Crippen LogP contribution in [-0.4, -0.2) is 27.5 Å². The van der Waals surface area contributed by atoms with Crippen LogP contribution in [0.4, 0.5) is 0 Å². The van der Waals surface area contributed by atoms with Gasteiger partial charge in [-0.3, -0.25) is 0 Å². The lowest BCUT2D eigenvalue weighted by Crippen LogP contribution is -2.14. The van der Waals surface area contributed by atoms with Gasteiger partial charge in [-0.2, -0.15) is 0 Å². The highest BCUT2D eigenvalue weighted by molar-refractivity contribution is 14.2. The Labute approximate surface area is 78.5 Å². The van der Waals surface area contributed by atoms with Crippen LogP contribution in [0.2, 0.25) is 0 Å². The molecule has 0 fully saturated rings. The number of alkyl halides is 2. The van der Waals surface area contributed by atoms with Crippen LogP contribution in [0.15, 0.2) is 0 Å². The number of rotatable bonds is 3. The maximum absolute atomic E-state index is 2.44. The highest BCUT2D eigenvalue weighted by Crippen LogP contribution is 2.13. The van der Waals surface area contributed by atoms with Crippen molar-refractivity contribution >= 4 is 45.2 Å². The van der Waals surface area contributed by atoms with Gasteiger partial charge in [0.25, 0.3) is 0 Å². The maximum atomic E-state index is 2.44. The van der Waals surface area contributed by atoms with E-state index in [1.165, 1.54) is 13.0 Å². The number of nitrogens with zero attached hydrogens (tertiary/aromatic N) is 1. The van der Waals surface area contributed by atoms with Crippen molar-refractivity contribution in [2.24, 2.45) is 0 Å². The third kappa shape index (κ3) is 7.42.